The Kier molecular flexibility index (Phi) is 4.63. The zero-order valence-corrected chi connectivity index (χ0v) is 11.8. The highest BCUT2D eigenvalue weighted by Gasteiger charge is 2.52. The van der Waals surface area contributed by atoms with Gasteiger partial charge in [0, 0.05) is 18.1 Å². The minimum Gasteiger partial charge on any atom is -0.462 e. The Hall–Kier alpha value is -0.870. The molecule has 108 valence electrons. The van der Waals surface area contributed by atoms with Gasteiger partial charge in [0.25, 0.3) is 0 Å². The molecule has 2 bridgehead atoms. The van der Waals surface area contributed by atoms with Crippen LogP contribution in [0.15, 0.2) is 12.2 Å². The second-order valence-corrected chi connectivity index (χ2v) is 5.76. The first-order valence-electron chi connectivity index (χ1n) is 7.17. The minimum absolute atomic E-state index is 0.196. The number of hydrogen-bond acceptors (Lipinski definition) is 4. The van der Waals surface area contributed by atoms with Crippen molar-refractivity contribution in [3.8, 4) is 0 Å². The van der Waals surface area contributed by atoms with Crippen LogP contribution in [0, 0.1) is 17.8 Å². The van der Waals surface area contributed by atoms with Gasteiger partial charge < -0.3 is 14.6 Å². The number of fused-ring (bicyclic) bond motifs is 2. The Labute approximate surface area is 114 Å². The van der Waals surface area contributed by atoms with Crippen molar-refractivity contribution in [1.29, 1.82) is 0 Å². The van der Waals surface area contributed by atoms with Gasteiger partial charge in [-0.15, -0.1) is 0 Å². The fourth-order valence-electron chi connectivity index (χ4n) is 3.57. The lowest BCUT2D eigenvalue weighted by Crippen LogP contribution is -2.35. The third-order valence-corrected chi connectivity index (χ3v) is 4.52. The number of rotatable bonds is 6. The summed E-state index contributed by atoms with van der Waals surface area (Å²) in [4.78, 5) is 11.3. The van der Waals surface area contributed by atoms with Gasteiger partial charge in [0.05, 0.1) is 18.8 Å². The predicted molar refractivity (Wildman–Crippen MR) is 71.5 cm³/mol. The van der Waals surface area contributed by atoms with Crippen molar-refractivity contribution < 1.29 is 19.4 Å². The van der Waals surface area contributed by atoms with E-state index in [9.17, 15) is 9.90 Å². The largest absolute Gasteiger partial charge is 0.462 e. The Morgan fingerprint density at radius 2 is 2.21 bits per heavy atom. The first kappa shape index (κ1) is 14.5. The molecule has 0 aromatic heterocycles. The Bertz CT molecular complexity index is 352. The SMILES string of the molecule is C=C(C)C(=O)OCCC1C2CC(CO)C(O2)C1CC. The summed E-state index contributed by atoms with van der Waals surface area (Å²) in [7, 11) is 0. The fraction of sp³-hybridized carbons (Fsp3) is 0.800. The summed E-state index contributed by atoms with van der Waals surface area (Å²) in [6, 6.07) is 0. The number of aliphatic hydroxyl groups excluding tert-OH is 1. The maximum atomic E-state index is 11.3. The molecule has 2 aliphatic rings. The van der Waals surface area contributed by atoms with Gasteiger partial charge in [-0.05, 0) is 31.6 Å². The molecule has 2 rings (SSSR count). The van der Waals surface area contributed by atoms with Crippen LogP contribution in [0.3, 0.4) is 0 Å². The van der Waals surface area contributed by atoms with Crippen LogP contribution < -0.4 is 0 Å². The van der Waals surface area contributed by atoms with E-state index < -0.39 is 0 Å². The molecule has 0 aromatic carbocycles. The van der Waals surface area contributed by atoms with E-state index in [0.717, 1.165) is 19.3 Å². The van der Waals surface area contributed by atoms with Crippen molar-refractivity contribution in [2.45, 2.75) is 45.3 Å². The van der Waals surface area contributed by atoms with Crippen LogP contribution in [-0.2, 0) is 14.3 Å². The average Bonchev–Trinajstić information content (AvgIpc) is 2.95. The molecule has 2 fully saturated rings. The van der Waals surface area contributed by atoms with Crippen molar-refractivity contribution >= 4 is 5.97 Å². The molecule has 2 saturated heterocycles. The smallest absolute Gasteiger partial charge is 0.333 e. The molecule has 5 atom stereocenters. The Morgan fingerprint density at radius 3 is 2.79 bits per heavy atom. The highest BCUT2D eigenvalue weighted by molar-refractivity contribution is 5.86. The highest BCUT2D eigenvalue weighted by atomic mass is 16.5. The zero-order chi connectivity index (χ0) is 14.0. The van der Waals surface area contributed by atoms with Gasteiger partial charge >= 0.3 is 5.97 Å². The maximum absolute atomic E-state index is 11.3. The van der Waals surface area contributed by atoms with Gasteiger partial charge in [-0.25, -0.2) is 4.79 Å². The van der Waals surface area contributed by atoms with Crippen molar-refractivity contribution in [2.24, 2.45) is 17.8 Å². The van der Waals surface area contributed by atoms with E-state index in [0.29, 0.717) is 29.9 Å². The van der Waals surface area contributed by atoms with Crippen LogP contribution in [0.2, 0.25) is 0 Å². The lowest BCUT2D eigenvalue weighted by molar-refractivity contribution is -0.139. The van der Waals surface area contributed by atoms with Crippen LogP contribution in [-0.4, -0.2) is 36.5 Å². The van der Waals surface area contributed by atoms with Crippen molar-refractivity contribution in [2.75, 3.05) is 13.2 Å². The number of hydrogen-bond donors (Lipinski definition) is 1. The summed E-state index contributed by atoms with van der Waals surface area (Å²) in [6.45, 7) is 8.04. The lowest BCUT2D eigenvalue weighted by Gasteiger charge is -2.31. The summed E-state index contributed by atoms with van der Waals surface area (Å²) in [6.07, 6.45) is 3.27. The third-order valence-electron chi connectivity index (χ3n) is 4.52. The van der Waals surface area contributed by atoms with Gasteiger partial charge in [-0.3, -0.25) is 0 Å². The second-order valence-electron chi connectivity index (χ2n) is 5.76. The molecule has 0 aliphatic carbocycles. The monoisotopic (exact) mass is 268 g/mol. The number of ether oxygens (including phenoxy) is 2. The summed E-state index contributed by atoms with van der Waals surface area (Å²) in [5.41, 5.74) is 0.441. The van der Waals surface area contributed by atoms with E-state index in [1.165, 1.54) is 0 Å². The number of esters is 1. The average molecular weight is 268 g/mol. The molecule has 0 saturated carbocycles. The molecule has 5 unspecified atom stereocenters. The highest BCUT2D eigenvalue weighted by Crippen LogP contribution is 2.49. The molecule has 2 heterocycles. The summed E-state index contributed by atoms with van der Waals surface area (Å²) < 4.78 is 11.2. The number of aliphatic hydroxyl groups is 1. The minimum atomic E-state index is -0.314. The van der Waals surface area contributed by atoms with E-state index in [4.69, 9.17) is 9.47 Å². The van der Waals surface area contributed by atoms with Gasteiger partial charge in [0.15, 0.2) is 0 Å². The normalized spacial score (nSPS) is 36.5. The quantitative estimate of drug-likeness (QED) is 0.590. The summed E-state index contributed by atoms with van der Waals surface area (Å²) in [5.74, 6) is 0.921. The second kappa shape index (κ2) is 6.06. The van der Waals surface area contributed by atoms with E-state index >= 15 is 0 Å². The standard InChI is InChI=1S/C15H24O4/c1-4-11-12(5-6-18-15(17)9(2)3)13-7-10(8-16)14(11)19-13/h10-14,16H,2,4-8H2,1,3H3. The topological polar surface area (TPSA) is 55.8 Å². The van der Waals surface area contributed by atoms with E-state index in [2.05, 4.69) is 13.5 Å². The van der Waals surface area contributed by atoms with Crippen LogP contribution in [0.1, 0.15) is 33.1 Å². The number of carbonyl (C=O) groups is 1. The van der Waals surface area contributed by atoms with Crippen LogP contribution in [0.25, 0.3) is 0 Å². The third kappa shape index (κ3) is 2.84. The molecule has 0 amide bonds. The van der Waals surface area contributed by atoms with Crippen LogP contribution in [0.5, 0.6) is 0 Å². The van der Waals surface area contributed by atoms with E-state index in [1.807, 2.05) is 0 Å². The molecule has 19 heavy (non-hydrogen) atoms. The van der Waals surface area contributed by atoms with Crippen molar-refractivity contribution in [1.82, 2.24) is 0 Å². The fourth-order valence-corrected chi connectivity index (χ4v) is 3.57. The molecular formula is C15H24O4. The summed E-state index contributed by atoms with van der Waals surface area (Å²) in [5, 5.41) is 9.34. The van der Waals surface area contributed by atoms with Crippen molar-refractivity contribution in [3.63, 3.8) is 0 Å². The first-order chi connectivity index (χ1) is 9.08. The molecule has 4 nitrogen and oxygen atoms in total. The Morgan fingerprint density at radius 1 is 1.47 bits per heavy atom. The Balaban J connectivity index is 1.85. The zero-order valence-electron chi connectivity index (χ0n) is 11.8. The first-order valence-corrected chi connectivity index (χ1v) is 7.17. The predicted octanol–water partition coefficient (Wildman–Crippen LogP) is 1.92. The number of carbonyl (C=O) groups excluding carboxylic acids is 1. The van der Waals surface area contributed by atoms with Crippen LogP contribution in [0.4, 0.5) is 0 Å². The molecular weight excluding hydrogens is 244 g/mol. The molecule has 1 N–H and O–H groups in total. The molecule has 0 radical (unpaired) electrons. The van der Waals surface area contributed by atoms with Gasteiger partial charge in [0.2, 0.25) is 0 Å². The van der Waals surface area contributed by atoms with Crippen molar-refractivity contribution in [3.05, 3.63) is 12.2 Å². The molecule has 2 aliphatic heterocycles. The molecule has 0 aromatic rings. The molecule has 4 heteroatoms. The summed E-state index contributed by atoms with van der Waals surface area (Å²) >= 11 is 0. The van der Waals surface area contributed by atoms with Crippen LogP contribution >= 0.6 is 0 Å². The van der Waals surface area contributed by atoms with E-state index in [-0.39, 0.29) is 24.8 Å². The van der Waals surface area contributed by atoms with Gasteiger partial charge in [-0.2, -0.15) is 0 Å². The van der Waals surface area contributed by atoms with Gasteiger partial charge in [0.1, 0.15) is 0 Å². The molecule has 0 spiro atoms. The maximum Gasteiger partial charge on any atom is 0.333 e. The van der Waals surface area contributed by atoms with E-state index in [1.54, 1.807) is 6.92 Å². The lowest BCUT2D eigenvalue weighted by atomic mass is 9.72. The van der Waals surface area contributed by atoms with Gasteiger partial charge in [-0.1, -0.05) is 19.9 Å².